The van der Waals surface area contributed by atoms with Gasteiger partial charge in [0.2, 0.25) is 0 Å². The van der Waals surface area contributed by atoms with E-state index >= 15 is 0 Å². The molecule has 3 fully saturated rings. The number of carbonyl (C=O) groups is 1. The second kappa shape index (κ2) is 9.51. The lowest BCUT2D eigenvalue weighted by Gasteiger charge is -2.60. The SMILES string of the molecule is CC12Cc3cnn(C(C)(C)C)c3C=C1CCC1C2C(O)CC2(C)C1CC[C@]2(O)C(=O)CSc1ccc2ccccc2n1. The number of benzene rings is 1. The van der Waals surface area contributed by atoms with Crippen LogP contribution in [0.5, 0.6) is 0 Å². The average Bonchev–Trinajstić information content (AvgIpc) is 3.47. The van der Waals surface area contributed by atoms with Gasteiger partial charge in [-0.05, 0) is 106 Å². The summed E-state index contributed by atoms with van der Waals surface area (Å²) in [6, 6.07) is 11.9. The largest absolute Gasteiger partial charge is 0.393 e. The van der Waals surface area contributed by atoms with Gasteiger partial charge in [0.05, 0.1) is 39.8 Å². The molecule has 6 nitrogen and oxygen atoms in total. The van der Waals surface area contributed by atoms with E-state index in [0.29, 0.717) is 12.8 Å². The van der Waals surface area contributed by atoms with Crippen LogP contribution in [0.25, 0.3) is 17.0 Å². The highest BCUT2D eigenvalue weighted by atomic mass is 32.2. The number of hydrogen-bond acceptors (Lipinski definition) is 6. The molecule has 2 N–H and O–H groups in total. The first-order valence-electron chi connectivity index (χ1n) is 15.6. The lowest BCUT2D eigenvalue weighted by molar-refractivity contribution is -0.177. The number of aromatic nitrogens is 3. The molecule has 7 heteroatoms. The summed E-state index contributed by atoms with van der Waals surface area (Å²) in [7, 11) is 0. The van der Waals surface area contributed by atoms with Gasteiger partial charge in [-0.1, -0.05) is 55.4 Å². The van der Waals surface area contributed by atoms with E-state index in [1.165, 1.54) is 28.6 Å². The van der Waals surface area contributed by atoms with Gasteiger partial charge < -0.3 is 10.2 Å². The number of Topliss-reactive ketones (excluding diaryl/α,β-unsaturated/α-hetero) is 1. The number of allylic oxidation sites excluding steroid dienone is 1. The van der Waals surface area contributed by atoms with Crippen molar-refractivity contribution in [2.75, 3.05) is 5.75 Å². The number of carbonyl (C=O) groups excluding carboxylic acids is 1. The first kappa shape index (κ1) is 28.3. The highest BCUT2D eigenvalue weighted by molar-refractivity contribution is 7.99. The number of para-hydroxylation sites is 1. The number of pyridine rings is 1. The number of aliphatic hydroxyl groups is 2. The zero-order chi connectivity index (χ0) is 29.7. The standard InChI is InChI=1S/C35H43N3O3S/c1-32(2,3)38-27-16-23-11-12-24-25-14-15-35(41,29(40)20-42-30-13-10-21-8-6-7-9-26(21)37-30)34(25,5)18-28(39)31(24)33(23,4)17-22(27)19-36-38/h6-10,13,16,19,24-25,28,31,39,41H,11-12,14-15,17-18,20H2,1-5H3/t24?,25?,28?,31?,33?,34?,35-/m0/s1. The fourth-order valence-electron chi connectivity index (χ4n) is 9.57. The van der Waals surface area contributed by atoms with Gasteiger partial charge in [-0.25, -0.2) is 4.98 Å². The van der Waals surface area contributed by atoms with Crippen molar-refractivity contribution < 1.29 is 15.0 Å². The molecule has 0 amide bonds. The Morgan fingerprint density at radius 3 is 2.71 bits per heavy atom. The van der Waals surface area contributed by atoms with Crippen molar-refractivity contribution in [1.82, 2.24) is 14.8 Å². The number of hydrogen-bond donors (Lipinski definition) is 2. The predicted octanol–water partition coefficient (Wildman–Crippen LogP) is 6.43. The average molecular weight is 586 g/mol. The Kier molecular flexibility index (Phi) is 6.41. The van der Waals surface area contributed by atoms with Gasteiger partial charge >= 0.3 is 0 Å². The minimum Gasteiger partial charge on any atom is -0.393 e. The van der Waals surface area contributed by atoms with Crippen LogP contribution >= 0.6 is 11.8 Å². The number of thioether (sulfide) groups is 1. The van der Waals surface area contributed by atoms with Gasteiger partial charge in [0, 0.05) is 10.8 Å². The Bertz CT molecular complexity index is 1610. The van der Waals surface area contributed by atoms with E-state index in [4.69, 9.17) is 10.1 Å². The summed E-state index contributed by atoms with van der Waals surface area (Å²) in [5.41, 5.74) is 2.49. The Labute approximate surface area is 253 Å². The molecule has 3 saturated carbocycles. The molecule has 1 aromatic carbocycles. The van der Waals surface area contributed by atoms with Gasteiger partial charge in [-0.15, -0.1) is 0 Å². The molecule has 7 atom stereocenters. The summed E-state index contributed by atoms with van der Waals surface area (Å²) in [5.74, 6) is 0.643. The van der Waals surface area contributed by atoms with Gasteiger partial charge in [0.15, 0.2) is 5.78 Å². The molecule has 2 aromatic heterocycles. The number of nitrogens with zero attached hydrogens (tertiary/aromatic N) is 3. The van der Waals surface area contributed by atoms with Crippen molar-refractivity contribution in [1.29, 1.82) is 0 Å². The fraction of sp³-hybridized carbons (Fsp3) is 0.571. The van der Waals surface area contributed by atoms with Crippen molar-refractivity contribution >= 4 is 34.5 Å². The van der Waals surface area contributed by atoms with Crippen LogP contribution in [0.2, 0.25) is 0 Å². The third kappa shape index (κ3) is 4.02. The number of fused-ring (bicyclic) bond motifs is 7. The first-order chi connectivity index (χ1) is 19.8. The van der Waals surface area contributed by atoms with E-state index < -0.39 is 17.1 Å². The summed E-state index contributed by atoms with van der Waals surface area (Å²) in [6.45, 7) is 11.0. The lowest BCUT2D eigenvalue weighted by Crippen LogP contribution is -2.62. The molecule has 0 spiro atoms. The zero-order valence-electron chi connectivity index (χ0n) is 25.4. The van der Waals surface area contributed by atoms with Gasteiger partial charge in [0.1, 0.15) is 5.60 Å². The van der Waals surface area contributed by atoms with Crippen molar-refractivity contribution in [2.24, 2.45) is 28.6 Å². The van der Waals surface area contributed by atoms with Crippen LogP contribution in [0.3, 0.4) is 0 Å². The van der Waals surface area contributed by atoms with E-state index in [-0.39, 0.29) is 40.2 Å². The van der Waals surface area contributed by atoms with Crippen molar-refractivity contribution in [3.05, 3.63) is 59.4 Å². The van der Waals surface area contributed by atoms with Crippen molar-refractivity contribution in [3.8, 4) is 0 Å². The Balaban J connectivity index is 1.13. The van der Waals surface area contributed by atoms with Crippen LogP contribution < -0.4 is 0 Å². The molecular weight excluding hydrogens is 542 g/mol. The molecule has 42 heavy (non-hydrogen) atoms. The minimum absolute atomic E-state index is 0.0920. The van der Waals surface area contributed by atoms with Crippen molar-refractivity contribution in [3.63, 3.8) is 0 Å². The van der Waals surface area contributed by atoms with Crippen LogP contribution in [0.15, 0.2) is 53.2 Å². The molecule has 3 aromatic rings. The van der Waals surface area contributed by atoms with Crippen LogP contribution in [-0.4, -0.2) is 48.2 Å². The Morgan fingerprint density at radius 1 is 1.14 bits per heavy atom. The molecule has 0 aliphatic heterocycles. The molecule has 0 bridgehead atoms. The van der Waals surface area contributed by atoms with E-state index in [1.807, 2.05) is 42.6 Å². The third-order valence-corrected chi connectivity index (χ3v) is 12.5. The molecule has 4 aliphatic carbocycles. The van der Waals surface area contributed by atoms with E-state index in [1.54, 1.807) is 0 Å². The third-order valence-electron chi connectivity index (χ3n) is 11.6. The maximum Gasteiger partial charge on any atom is 0.175 e. The zero-order valence-corrected chi connectivity index (χ0v) is 26.2. The summed E-state index contributed by atoms with van der Waals surface area (Å²) < 4.78 is 2.14. The van der Waals surface area contributed by atoms with E-state index in [2.05, 4.69) is 45.4 Å². The molecule has 2 heterocycles. The van der Waals surface area contributed by atoms with Gasteiger partial charge in [-0.3, -0.25) is 9.48 Å². The maximum absolute atomic E-state index is 13.8. The maximum atomic E-state index is 13.8. The molecule has 4 aliphatic rings. The summed E-state index contributed by atoms with van der Waals surface area (Å²) in [5, 5.41) is 30.7. The molecule has 7 rings (SSSR count). The minimum atomic E-state index is -1.43. The smallest absolute Gasteiger partial charge is 0.175 e. The van der Waals surface area contributed by atoms with Gasteiger partial charge in [0.25, 0.3) is 0 Å². The van der Waals surface area contributed by atoms with E-state index in [0.717, 1.165) is 41.6 Å². The van der Waals surface area contributed by atoms with Crippen LogP contribution in [-0.2, 0) is 16.8 Å². The fourth-order valence-corrected chi connectivity index (χ4v) is 10.4. The predicted molar refractivity (Wildman–Crippen MR) is 167 cm³/mol. The number of ketones is 1. The molecular formula is C35H43N3O3S. The summed E-state index contributed by atoms with van der Waals surface area (Å²) in [6.07, 6.45) is 8.42. The monoisotopic (exact) mass is 585 g/mol. The van der Waals surface area contributed by atoms with Crippen LogP contribution in [0.4, 0.5) is 0 Å². The highest BCUT2D eigenvalue weighted by Crippen LogP contribution is 2.67. The van der Waals surface area contributed by atoms with Crippen LogP contribution in [0.1, 0.15) is 78.0 Å². The highest BCUT2D eigenvalue weighted by Gasteiger charge is 2.68. The van der Waals surface area contributed by atoms with E-state index in [9.17, 15) is 15.0 Å². The van der Waals surface area contributed by atoms with Gasteiger partial charge in [-0.2, -0.15) is 5.10 Å². The lowest BCUT2D eigenvalue weighted by atomic mass is 9.45. The first-order valence-corrected chi connectivity index (χ1v) is 16.5. The number of aliphatic hydroxyl groups excluding tert-OH is 1. The summed E-state index contributed by atoms with van der Waals surface area (Å²) in [4.78, 5) is 18.6. The number of rotatable bonds is 4. The Hall–Kier alpha value is -2.48. The molecule has 6 unspecified atom stereocenters. The molecule has 222 valence electrons. The second-order valence-corrected chi connectivity index (χ2v) is 15.9. The molecule has 0 saturated heterocycles. The van der Waals surface area contributed by atoms with Crippen LogP contribution in [0, 0.1) is 28.6 Å². The summed E-state index contributed by atoms with van der Waals surface area (Å²) >= 11 is 1.40. The quantitative estimate of drug-likeness (QED) is 0.343. The topological polar surface area (TPSA) is 88.2 Å². The normalized spacial score (nSPS) is 35.6. The Morgan fingerprint density at radius 2 is 1.93 bits per heavy atom. The van der Waals surface area contributed by atoms with Crippen molar-refractivity contribution in [2.45, 2.75) is 95.4 Å². The molecule has 0 radical (unpaired) electrons. The second-order valence-electron chi connectivity index (χ2n) is 14.9.